The van der Waals surface area contributed by atoms with E-state index in [0.29, 0.717) is 18.0 Å². The Morgan fingerprint density at radius 3 is 2.64 bits per heavy atom. The fourth-order valence-corrected chi connectivity index (χ4v) is 2.71. The van der Waals surface area contributed by atoms with Gasteiger partial charge in [0, 0.05) is 22.5 Å². The molecule has 0 saturated heterocycles. The van der Waals surface area contributed by atoms with Gasteiger partial charge in [-0.2, -0.15) is 0 Å². The molecule has 4 nitrogen and oxygen atoms in total. The van der Waals surface area contributed by atoms with Crippen LogP contribution >= 0.6 is 31.9 Å². The molecule has 0 atom stereocenters. The molecule has 0 saturated carbocycles. The quantitative estimate of drug-likeness (QED) is 0.754. The SMILES string of the molecule is COc1ccc(Br)cc1NC(=O)N(C)Cc1ccccc1Br. The van der Waals surface area contributed by atoms with Crippen LogP contribution in [0.25, 0.3) is 0 Å². The standard InChI is InChI=1S/C16H16Br2N2O2/c1-20(10-11-5-3-4-6-13(11)18)16(21)19-14-9-12(17)7-8-15(14)22-2/h3-9H,10H2,1-2H3,(H,19,21). The van der Waals surface area contributed by atoms with Gasteiger partial charge in [-0.05, 0) is 29.8 Å². The largest absolute Gasteiger partial charge is 0.495 e. The number of anilines is 1. The molecule has 0 aliphatic heterocycles. The normalized spacial score (nSPS) is 10.2. The molecule has 116 valence electrons. The summed E-state index contributed by atoms with van der Waals surface area (Å²) >= 11 is 6.88. The van der Waals surface area contributed by atoms with E-state index in [2.05, 4.69) is 37.2 Å². The van der Waals surface area contributed by atoms with Crippen molar-refractivity contribution >= 4 is 43.6 Å². The van der Waals surface area contributed by atoms with Crippen LogP contribution in [0.1, 0.15) is 5.56 Å². The first-order valence-corrected chi connectivity index (χ1v) is 8.19. The van der Waals surface area contributed by atoms with Gasteiger partial charge in [0.2, 0.25) is 0 Å². The van der Waals surface area contributed by atoms with E-state index in [0.717, 1.165) is 14.5 Å². The number of nitrogens with one attached hydrogen (secondary N) is 1. The molecule has 0 aliphatic rings. The first-order chi connectivity index (χ1) is 10.5. The molecule has 22 heavy (non-hydrogen) atoms. The van der Waals surface area contributed by atoms with E-state index in [-0.39, 0.29) is 6.03 Å². The molecule has 2 amide bonds. The Morgan fingerprint density at radius 2 is 1.95 bits per heavy atom. The molecule has 0 radical (unpaired) electrons. The molecule has 0 heterocycles. The highest BCUT2D eigenvalue weighted by atomic mass is 79.9. The Kier molecular flexibility index (Phi) is 5.85. The number of nitrogens with zero attached hydrogens (tertiary/aromatic N) is 1. The Hall–Kier alpha value is -1.53. The van der Waals surface area contributed by atoms with Crippen molar-refractivity contribution in [3.63, 3.8) is 0 Å². The van der Waals surface area contributed by atoms with Gasteiger partial charge in [-0.25, -0.2) is 4.79 Å². The lowest BCUT2D eigenvalue weighted by Crippen LogP contribution is -2.31. The van der Waals surface area contributed by atoms with Crippen LogP contribution in [-0.4, -0.2) is 25.1 Å². The zero-order valence-corrected chi connectivity index (χ0v) is 15.4. The maximum Gasteiger partial charge on any atom is 0.321 e. The smallest absolute Gasteiger partial charge is 0.321 e. The molecule has 0 unspecified atom stereocenters. The maximum absolute atomic E-state index is 12.3. The molecule has 2 aromatic rings. The van der Waals surface area contributed by atoms with Crippen LogP contribution in [0.4, 0.5) is 10.5 Å². The van der Waals surface area contributed by atoms with Gasteiger partial charge in [-0.1, -0.05) is 50.1 Å². The topological polar surface area (TPSA) is 41.6 Å². The number of hydrogen-bond donors (Lipinski definition) is 1. The van der Waals surface area contributed by atoms with Gasteiger partial charge in [-0.15, -0.1) is 0 Å². The van der Waals surface area contributed by atoms with E-state index in [1.54, 1.807) is 25.1 Å². The van der Waals surface area contributed by atoms with Gasteiger partial charge in [0.25, 0.3) is 0 Å². The lowest BCUT2D eigenvalue weighted by atomic mass is 10.2. The predicted molar refractivity (Wildman–Crippen MR) is 95.3 cm³/mol. The van der Waals surface area contributed by atoms with Gasteiger partial charge >= 0.3 is 6.03 Å². The number of carbonyl (C=O) groups is 1. The minimum atomic E-state index is -0.202. The van der Waals surface area contributed by atoms with Crippen LogP contribution in [0.15, 0.2) is 51.4 Å². The Balaban J connectivity index is 2.09. The molecule has 2 rings (SSSR count). The summed E-state index contributed by atoms with van der Waals surface area (Å²) < 4.78 is 7.11. The summed E-state index contributed by atoms with van der Waals surface area (Å²) in [6.45, 7) is 0.504. The van der Waals surface area contributed by atoms with E-state index in [1.807, 2.05) is 36.4 Å². The van der Waals surface area contributed by atoms with Gasteiger partial charge in [0.05, 0.1) is 12.8 Å². The third-order valence-electron chi connectivity index (χ3n) is 3.12. The third kappa shape index (κ3) is 4.24. The van der Waals surface area contributed by atoms with Crippen molar-refractivity contribution in [2.45, 2.75) is 6.54 Å². The molecule has 0 aliphatic carbocycles. The molecule has 2 aromatic carbocycles. The Morgan fingerprint density at radius 1 is 1.23 bits per heavy atom. The second kappa shape index (κ2) is 7.65. The van der Waals surface area contributed by atoms with E-state index in [1.165, 1.54) is 0 Å². The highest BCUT2D eigenvalue weighted by molar-refractivity contribution is 9.10. The van der Waals surface area contributed by atoms with Crippen LogP contribution < -0.4 is 10.1 Å². The summed E-state index contributed by atoms with van der Waals surface area (Å²) in [4.78, 5) is 13.9. The predicted octanol–water partition coefficient (Wildman–Crippen LogP) is 4.88. The molecule has 0 spiro atoms. The van der Waals surface area contributed by atoms with Crippen LogP contribution in [0.2, 0.25) is 0 Å². The van der Waals surface area contributed by atoms with Crippen LogP contribution in [-0.2, 0) is 6.54 Å². The minimum Gasteiger partial charge on any atom is -0.495 e. The van der Waals surface area contributed by atoms with Crippen LogP contribution in [0, 0.1) is 0 Å². The minimum absolute atomic E-state index is 0.202. The summed E-state index contributed by atoms with van der Waals surface area (Å²) in [7, 11) is 3.32. The van der Waals surface area contributed by atoms with Crippen molar-refractivity contribution in [1.29, 1.82) is 0 Å². The number of carbonyl (C=O) groups excluding carboxylic acids is 1. The van der Waals surface area contributed by atoms with Gasteiger partial charge < -0.3 is 15.0 Å². The average molecular weight is 428 g/mol. The summed E-state index contributed by atoms with van der Waals surface area (Å²) in [5, 5.41) is 2.86. The molecule has 0 aromatic heterocycles. The molecular weight excluding hydrogens is 412 g/mol. The van der Waals surface area contributed by atoms with E-state index < -0.39 is 0 Å². The zero-order valence-electron chi connectivity index (χ0n) is 12.3. The molecular formula is C16H16Br2N2O2. The maximum atomic E-state index is 12.3. The first-order valence-electron chi connectivity index (χ1n) is 6.60. The number of ether oxygens (including phenoxy) is 1. The van der Waals surface area contributed by atoms with E-state index in [4.69, 9.17) is 4.74 Å². The monoisotopic (exact) mass is 426 g/mol. The number of urea groups is 1. The second-order valence-corrected chi connectivity index (χ2v) is 6.49. The molecule has 0 fully saturated rings. The Labute approximate surface area is 146 Å². The number of rotatable bonds is 4. The van der Waals surface area contributed by atoms with Crippen molar-refractivity contribution in [2.75, 3.05) is 19.5 Å². The summed E-state index contributed by atoms with van der Waals surface area (Å²) in [6, 6.07) is 13.1. The lowest BCUT2D eigenvalue weighted by molar-refractivity contribution is 0.220. The molecule has 1 N–H and O–H groups in total. The number of methoxy groups -OCH3 is 1. The van der Waals surface area contributed by atoms with Gasteiger partial charge in [0.15, 0.2) is 0 Å². The second-order valence-electron chi connectivity index (χ2n) is 4.72. The average Bonchev–Trinajstić information content (AvgIpc) is 2.49. The van der Waals surface area contributed by atoms with Crippen molar-refractivity contribution < 1.29 is 9.53 Å². The number of benzene rings is 2. The number of hydrogen-bond acceptors (Lipinski definition) is 2. The highest BCUT2D eigenvalue weighted by Crippen LogP contribution is 2.28. The Bertz CT molecular complexity index is 677. The summed E-state index contributed by atoms with van der Waals surface area (Å²) in [5.74, 6) is 0.617. The summed E-state index contributed by atoms with van der Waals surface area (Å²) in [5.41, 5.74) is 1.67. The fourth-order valence-electron chi connectivity index (χ4n) is 1.94. The lowest BCUT2D eigenvalue weighted by Gasteiger charge is -2.20. The van der Waals surface area contributed by atoms with Crippen molar-refractivity contribution in [3.8, 4) is 5.75 Å². The third-order valence-corrected chi connectivity index (χ3v) is 4.38. The van der Waals surface area contributed by atoms with Gasteiger partial charge in [-0.3, -0.25) is 0 Å². The first kappa shape index (κ1) is 16.8. The fraction of sp³-hybridized carbons (Fsp3) is 0.188. The highest BCUT2D eigenvalue weighted by Gasteiger charge is 2.13. The van der Waals surface area contributed by atoms with E-state index >= 15 is 0 Å². The number of amides is 2. The molecule has 6 heteroatoms. The zero-order chi connectivity index (χ0) is 16.1. The van der Waals surface area contributed by atoms with Crippen LogP contribution in [0.5, 0.6) is 5.75 Å². The summed E-state index contributed by atoms with van der Waals surface area (Å²) in [6.07, 6.45) is 0. The van der Waals surface area contributed by atoms with E-state index in [9.17, 15) is 4.79 Å². The number of halogens is 2. The van der Waals surface area contributed by atoms with Crippen molar-refractivity contribution in [2.24, 2.45) is 0 Å². The van der Waals surface area contributed by atoms with Crippen LogP contribution in [0.3, 0.4) is 0 Å². The molecule has 0 bridgehead atoms. The van der Waals surface area contributed by atoms with Crippen molar-refractivity contribution in [3.05, 3.63) is 57.0 Å². The van der Waals surface area contributed by atoms with Crippen molar-refractivity contribution in [1.82, 2.24) is 4.90 Å². The van der Waals surface area contributed by atoms with Gasteiger partial charge in [0.1, 0.15) is 5.75 Å².